The summed E-state index contributed by atoms with van der Waals surface area (Å²) < 4.78 is 7.29. The van der Waals surface area contributed by atoms with Crippen LogP contribution in [0.5, 0.6) is 5.06 Å². The van der Waals surface area contributed by atoms with E-state index >= 15 is 0 Å². The molecule has 0 radical (unpaired) electrons. The van der Waals surface area contributed by atoms with Gasteiger partial charge in [0.2, 0.25) is 0 Å². The Balaban J connectivity index is 1.53. The highest BCUT2D eigenvalue weighted by molar-refractivity contribution is 7.15. The number of fused-ring (bicyclic) bond motifs is 1. The highest BCUT2D eigenvalue weighted by atomic mass is 32.1. The molecule has 1 fully saturated rings. The number of ether oxygens (including phenoxy) is 1. The minimum Gasteiger partial charge on any atom is -0.487 e. The van der Waals surface area contributed by atoms with Gasteiger partial charge in [-0.05, 0) is 45.7 Å². The Bertz CT molecular complexity index is 1010. The quantitative estimate of drug-likeness (QED) is 0.699. The summed E-state index contributed by atoms with van der Waals surface area (Å²) in [6.07, 6.45) is 7.31. The summed E-state index contributed by atoms with van der Waals surface area (Å²) in [5.41, 5.74) is 1.83. The molecule has 0 aromatic carbocycles. The molecule has 1 saturated heterocycles. The van der Waals surface area contributed by atoms with E-state index in [1.165, 1.54) is 11.3 Å². The Morgan fingerprint density at radius 1 is 1.28 bits per heavy atom. The summed E-state index contributed by atoms with van der Waals surface area (Å²) in [4.78, 5) is 24.6. The number of carbonyl (C=O) groups excluding carboxylic acids is 1. The molecule has 154 valence electrons. The lowest BCUT2D eigenvalue weighted by molar-refractivity contribution is 0.0717. The molecule has 1 aliphatic rings. The Morgan fingerprint density at radius 3 is 2.69 bits per heavy atom. The highest BCUT2D eigenvalue weighted by Gasteiger charge is 2.30. The molecule has 4 heterocycles. The molecule has 4 rings (SSSR count). The molecule has 29 heavy (non-hydrogen) atoms. The molecule has 1 amide bonds. The second-order valence-electron chi connectivity index (χ2n) is 8.41. The van der Waals surface area contributed by atoms with Gasteiger partial charge in [-0.2, -0.15) is 0 Å². The van der Waals surface area contributed by atoms with Crippen LogP contribution in [-0.2, 0) is 0 Å². The lowest BCUT2D eigenvalue weighted by Crippen LogP contribution is -2.38. The van der Waals surface area contributed by atoms with Crippen molar-refractivity contribution in [1.29, 1.82) is 0 Å². The number of rotatable bonds is 4. The number of hydrogen-bond donors (Lipinski definition) is 1. The summed E-state index contributed by atoms with van der Waals surface area (Å²) in [6, 6.07) is 3.69. The minimum atomic E-state index is -0.0805. The summed E-state index contributed by atoms with van der Waals surface area (Å²) in [7, 11) is 1.62. The molecule has 0 aliphatic carbocycles. The Labute approximate surface area is 174 Å². The molecule has 0 saturated carbocycles. The van der Waals surface area contributed by atoms with Crippen LogP contribution in [0.25, 0.3) is 5.65 Å². The number of carbonyl (C=O) groups is 1. The van der Waals surface area contributed by atoms with Crippen LogP contribution in [0.1, 0.15) is 54.9 Å². The number of likely N-dealkylation sites (tertiary alicyclic amines) is 1. The number of piperidine rings is 1. The number of methoxy groups -OCH3 is 1. The fraction of sp³-hybridized carbons (Fsp3) is 0.476. The molecule has 0 bridgehead atoms. The van der Waals surface area contributed by atoms with Crippen molar-refractivity contribution in [3.63, 3.8) is 0 Å². The number of amides is 1. The first-order valence-electron chi connectivity index (χ1n) is 9.89. The molecule has 3 aromatic rings. The number of thiophene rings is 1. The first-order valence-corrected chi connectivity index (χ1v) is 10.7. The van der Waals surface area contributed by atoms with Crippen LogP contribution in [0.4, 0.5) is 5.82 Å². The van der Waals surface area contributed by atoms with Gasteiger partial charge in [0.05, 0.1) is 23.9 Å². The maximum Gasteiger partial charge on any atom is 0.264 e. The van der Waals surface area contributed by atoms with Crippen molar-refractivity contribution in [2.24, 2.45) is 0 Å². The number of aromatic nitrogens is 3. The molecule has 0 spiro atoms. The van der Waals surface area contributed by atoms with Gasteiger partial charge in [-0.15, -0.1) is 0 Å². The van der Waals surface area contributed by atoms with Crippen LogP contribution < -0.4 is 10.1 Å². The fourth-order valence-corrected chi connectivity index (χ4v) is 4.53. The smallest absolute Gasteiger partial charge is 0.264 e. The zero-order chi connectivity index (χ0) is 20.6. The zero-order valence-corrected chi connectivity index (χ0v) is 18.1. The monoisotopic (exact) mass is 413 g/mol. The molecule has 1 N–H and O–H groups in total. The van der Waals surface area contributed by atoms with Gasteiger partial charge in [0, 0.05) is 36.9 Å². The summed E-state index contributed by atoms with van der Waals surface area (Å²) in [5.74, 6) is 1.42. The van der Waals surface area contributed by atoms with E-state index in [0.29, 0.717) is 5.92 Å². The van der Waals surface area contributed by atoms with Gasteiger partial charge in [0.1, 0.15) is 5.82 Å². The van der Waals surface area contributed by atoms with Crippen molar-refractivity contribution < 1.29 is 9.53 Å². The number of anilines is 1. The molecule has 7 nitrogen and oxygen atoms in total. The van der Waals surface area contributed by atoms with Gasteiger partial charge < -0.3 is 15.0 Å². The third-order valence-corrected chi connectivity index (χ3v) is 6.15. The summed E-state index contributed by atoms with van der Waals surface area (Å²) in [6.45, 7) is 7.89. The van der Waals surface area contributed by atoms with Crippen LogP contribution in [-0.4, -0.2) is 50.9 Å². The average Bonchev–Trinajstić information content (AvgIpc) is 3.32. The van der Waals surface area contributed by atoms with E-state index in [-0.39, 0.29) is 11.4 Å². The summed E-state index contributed by atoms with van der Waals surface area (Å²) >= 11 is 1.40. The van der Waals surface area contributed by atoms with E-state index in [9.17, 15) is 4.79 Å². The number of nitrogens with one attached hydrogen (secondary N) is 1. The highest BCUT2D eigenvalue weighted by Crippen LogP contribution is 2.35. The first kappa shape index (κ1) is 19.7. The SMILES string of the molecule is COc1ccc(C(=O)N2CCC(c3nc4cnccn4c3NC(C)(C)C)CC2)s1. The van der Waals surface area contributed by atoms with E-state index in [0.717, 1.165) is 53.0 Å². The van der Waals surface area contributed by atoms with Crippen molar-refractivity contribution >= 4 is 28.7 Å². The Kier molecular flexibility index (Phi) is 5.21. The van der Waals surface area contributed by atoms with E-state index < -0.39 is 0 Å². The largest absolute Gasteiger partial charge is 0.487 e. The van der Waals surface area contributed by atoms with Crippen LogP contribution in [0, 0.1) is 0 Å². The first-order chi connectivity index (χ1) is 13.9. The number of nitrogens with zero attached hydrogens (tertiary/aromatic N) is 4. The predicted octanol–water partition coefficient (Wildman–Crippen LogP) is 4.03. The molecule has 1 aliphatic heterocycles. The van der Waals surface area contributed by atoms with Gasteiger partial charge >= 0.3 is 0 Å². The molecular formula is C21H27N5O2S. The van der Waals surface area contributed by atoms with Gasteiger partial charge in [-0.1, -0.05) is 11.3 Å². The fourth-order valence-electron chi connectivity index (χ4n) is 3.75. The summed E-state index contributed by atoms with van der Waals surface area (Å²) in [5, 5.41) is 4.38. The van der Waals surface area contributed by atoms with Crippen molar-refractivity contribution in [3.05, 3.63) is 41.3 Å². The van der Waals surface area contributed by atoms with Crippen LogP contribution in [0.3, 0.4) is 0 Å². The third-order valence-electron chi connectivity index (χ3n) is 5.11. The van der Waals surface area contributed by atoms with E-state index in [4.69, 9.17) is 9.72 Å². The van der Waals surface area contributed by atoms with Gasteiger partial charge in [0.25, 0.3) is 5.91 Å². The molecule has 3 aromatic heterocycles. The van der Waals surface area contributed by atoms with Gasteiger partial charge in [-0.3, -0.25) is 14.2 Å². The lowest BCUT2D eigenvalue weighted by Gasteiger charge is -2.32. The van der Waals surface area contributed by atoms with E-state index in [1.807, 2.05) is 23.2 Å². The topological polar surface area (TPSA) is 71.8 Å². The maximum absolute atomic E-state index is 12.8. The maximum atomic E-state index is 12.8. The van der Waals surface area contributed by atoms with E-state index in [1.54, 1.807) is 19.5 Å². The van der Waals surface area contributed by atoms with Crippen molar-refractivity contribution in [1.82, 2.24) is 19.3 Å². The standard InChI is InChI=1S/C21H27N5O2S/c1-21(2,3)24-19-18(23-16-13-22-9-12-26(16)19)14-7-10-25(11-8-14)20(27)15-5-6-17(28-4)29-15/h5-6,9,12-14,24H,7-8,10-11H2,1-4H3. The zero-order valence-electron chi connectivity index (χ0n) is 17.3. The molecule has 0 atom stereocenters. The van der Waals surface area contributed by atoms with Gasteiger partial charge in [-0.25, -0.2) is 4.98 Å². The van der Waals surface area contributed by atoms with Crippen LogP contribution in [0.15, 0.2) is 30.7 Å². The van der Waals surface area contributed by atoms with Crippen molar-refractivity contribution in [2.75, 3.05) is 25.5 Å². The average molecular weight is 414 g/mol. The Hall–Kier alpha value is -2.61. The normalized spacial score (nSPS) is 15.7. The number of imidazole rings is 1. The molecule has 0 unspecified atom stereocenters. The second-order valence-corrected chi connectivity index (χ2v) is 9.46. The third kappa shape index (κ3) is 4.07. The van der Waals surface area contributed by atoms with Crippen molar-refractivity contribution in [3.8, 4) is 5.06 Å². The molecule has 8 heteroatoms. The predicted molar refractivity (Wildman–Crippen MR) is 115 cm³/mol. The van der Waals surface area contributed by atoms with E-state index in [2.05, 4.69) is 35.5 Å². The van der Waals surface area contributed by atoms with Gasteiger partial charge in [0.15, 0.2) is 10.7 Å². The van der Waals surface area contributed by atoms with Crippen LogP contribution >= 0.6 is 11.3 Å². The molecular weight excluding hydrogens is 386 g/mol. The Morgan fingerprint density at radius 2 is 2.03 bits per heavy atom. The minimum absolute atomic E-state index is 0.0805. The van der Waals surface area contributed by atoms with Crippen molar-refractivity contribution in [2.45, 2.75) is 45.1 Å². The lowest BCUT2D eigenvalue weighted by atomic mass is 9.93. The number of hydrogen-bond acceptors (Lipinski definition) is 6. The van der Waals surface area contributed by atoms with Crippen LogP contribution in [0.2, 0.25) is 0 Å². The second kappa shape index (κ2) is 7.67.